The molecule has 0 spiro atoms. The Morgan fingerprint density at radius 2 is 1.78 bits per heavy atom. The van der Waals surface area contributed by atoms with Crippen molar-refractivity contribution in [1.82, 2.24) is 15.6 Å². The Labute approximate surface area is 240 Å². The number of ether oxygens (including phenoxy) is 2. The number of benzene rings is 1. The van der Waals surface area contributed by atoms with Gasteiger partial charge in [0.05, 0.1) is 17.7 Å². The second-order valence-corrected chi connectivity index (χ2v) is 11.9. The van der Waals surface area contributed by atoms with Crippen LogP contribution >= 0.6 is 11.6 Å². The number of hydrogen-bond donors (Lipinski definition) is 3. The Morgan fingerprint density at radius 3 is 2.34 bits per heavy atom. The van der Waals surface area contributed by atoms with Gasteiger partial charge in [-0.1, -0.05) is 11.6 Å². The highest BCUT2D eigenvalue weighted by molar-refractivity contribution is 6.30. The number of amides is 2. The summed E-state index contributed by atoms with van der Waals surface area (Å²) >= 11 is 5.83. The van der Waals surface area contributed by atoms with E-state index < -0.39 is 29.2 Å². The van der Waals surface area contributed by atoms with E-state index in [1.165, 1.54) is 26.0 Å². The van der Waals surface area contributed by atoms with Gasteiger partial charge in [0.1, 0.15) is 5.82 Å². The van der Waals surface area contributed by atoms with Crippen LogP contribution in [-0.2, 0) is 4.79 Å². The molecule has 222 valence electrons. The van der Waals surface area contributed by atoms with E-state index in [1.54, 1.807) is 12.3 Å². The summed E-state index contributed by atoms with van der Waals surface area (Å²) in [5, 5.41) is 15.4. The number of rotatable bonds is 9. The molecule has 0 radical (unpaired) electrons. The number of nitrogens with one attached hydrogen (secondary N) is 2. The van der Waals surface area contributed by atoms with Crippen LogP contribution in [0.5, 0.6) is 11.5 Å². The molecule has 1 saturated carbocycles. The van der Waals surface area contributed by atoms with Crippen molar-refractivity contribution in [3.05, 3.63) is 47.1 Å². The Balaban J connectivity index is 1.20. The second-order valence-electron chi connectivity index (χ2n) is 11.5. The Bertz CT molecular complexity index is 1290. The van der Waals surface area contributed by atoms with Crippen molar-refractivity contribution < 1.29 is 37.3 Å². The van der Waals surface area contributed by atoms with E-state index in [2.05, 4.69) is 25.3 Å². The van der Waals surface area contributed by atoms with Crippen molar-refractivity contribution in [2.45, 2.75) is 88.0 Å². The third kappa shape index (κ3) is 6.64. The van der Waals surface area contributed by atoms with Crippen LogP contribution in [0.2, 0.25) is 5.02 Å². The number of nitrogens with zero attached hydrogens (tertiary/aromatic N) is 2. The third-order valence-corrected chi connectivity index (χ3v) is 8.16. The highest BCUT2D eigenvalue weighted by Crippen LogP contribution is 2.40. The molecule has 13 heteroatoms. The summed E-state index contributed by atoms with van der Waals surface area (Å²) in [6.45, 7) is 2.87. The van der Waals surface area contributed by atoms with Gasteiger partial charge in [0.2, 0.25) is 0 Å². The van der Waals surface area contributed by atoms with Gasteiger partial charge in [0.25, 0.3) is 11.8 Å². The molecule has 1 unspecified atom stereocenters. The maximum Gasteiger partial charge on any atom is 0.573 e. The lowest BCUT2D eigenvalue weighted by Gasteiger charge is -2.41. The fourth-order valence-electron chi connectivity index (χ4n) is 5.58. The van der Waals surface area contributed by atoms with Gasteiger partial charge in [0, 0.05) is 35.4 Å². The number of carbonyl (C=O) groups is 2. The van der Waals surface area contributed by atoms with Crippen molar-refractivity contribution in [2.75, 3.05) is 11.5 Å². The smallest absolute Gasteiger partial charge is 0.474 e. The molecule has 5 rings (SSSR count). The van der Waals surface area contributed by atoms with Gasteiger partial charge < -0.3 is 30.1 Å². The average molecular weight is 597 g/mol. The molecule has 3 atom stereocenters. The quantitative estimate of drug-likeness (QED) is 0.394. The standard InChI is InChI=1S/C28H32ClF3N4O5/c1-26(2,40-21-7-4-17(29)11-22(21)41-28(30,31)32)25(39)34-18-12-19-5-6-20(13-18)36(19)23-8-3-16(14-33-23)24(38)35-27(15-37)9-10-27/h3-4,7-8,11,14,18-20,37H,5-6,9-10,12-13,15H2,1-2H3,(H,34,39)(H,35,38)/t18?,19-,20+. The van der Waals surface area contributed by atoms with Crippen LogP contribution in [0.3, 0.4) is 0 Å². The van der Waals surface area contributed by atoms with Crippen LogP contribution in [-0.4, -0.2) is 64.1 Å². The van der Waals surface area contributed by atoms with Gasteiger partial charge >= 0.3 is 6.36 Å². The zero-order valence-electron chi connectivity index (χ0n) is 22.6. The van der Waals surface area contributed by atoms with Crippen LogP contribution in [0, 0.1) is 0 Å². The number of aliphatic hydroxyl groups is 1. The molecular formula is C28H32ClF3N4O5. The van der Waals surface area contributed by atoms with Crippen LogP contribution in [0.4, 0.5) is 19.0 Å². The number of pyridine rings is 1. The number of carbonyl (C=O) groups excluding carboxylic acids is 2. The number of alkyl halides is 3. The molecule has 1 aliphatic carbocycles. The fraction of sp³-hybridized carbons (Fsp3) is 0.536. The van der Waals surface area contributed by atoms with Crippen molar-refractivity contribution in [3.63, 3.8) is 0 Å². The zero-order valence-corrected chi connectivity index (χ0v) is 23.4. The summed E-state index contributed by atoms with van der Waals surface area (Å²) in [6, 6.07) is 7.21. The fourth-order valence-corrected chi connectivity index (χ4v) is 5.74. The molecule has 1 aromatic carbocycles. The zero-order chi connectivity index (χ0) is 29.6. The van der Waals surface area contributed by atoms with Gasteiger partial charge in [-0.05, 0) is 76.6 Å². The second kappa shape index (κ2) is 10.9. The number of anilines is 1. The molecule has 2 aliphatic heterocycles. The first kappa shape index (κ1) is 29.2. The molecule has 2 amide bonds. The van der Waals surface area contributed by atoms with Crippen LogP contribution in [0.15, 0.2) is 36.5 Å². The van der Waals surface area contributed by atoms with Gasteiger partial charge in [-0.25, -0.2) is 4.98 Å². The number of fused-ring (bicyclic) bond motifs is 2. The highest BCUT2D eigenvalue weighted by Gasteiger charge is 2.45. The normalized spacial score (nSPS) is 23.1. The van der Waals surface area contributed by atoms with Crippen LogP contribution in [0.1, 0.15) is 62.7 Å². The monoisotopic (exact) mass is 596 g/mol. The Kier molecular flexibility index (Phi) is 7.75. The van der Waals surface area contributed by atoms with Crippen molar-refractivity contribution in [3.8, 4) is 11.5 Å². The molecule has 3 heterocycles. The topological polar surface area (TPSA) is 113 Å². The molecule has 3 N–H and O–H groups in total. The predicted octanol–water partition coefficient (Wildman–Crippen LogP) is 4.36. The molecule has 1 aromatic heterocycles. The van der Waals surface area contributed by atoms with Crippen molar-refractivity contribution in [2.24, 2.45) is 0 Å². The lowest BCUT2D eigenvalue weighted by molar-refractivity contribution is -0.275. The number of halogens is 4. The van der Waals surface area contributed by atoms with Crippen molar-refractivity contribution in [1.29, 1.82) is 0 Å². The summed E-state index contributed by atoms with van der Waals surface area (Å²) in [6.07, 6.45) is 1.25. The maximum absolute atomic E-state index is 13.2. The minimum Gasteiger partial charge on any atom is -0.474 e. The van der Waals surface area contributed by atoms with E-state index in [-0.39, 0.29) is 41.4 Å². The van der Waals surface area contributed by atoms with E-state index in [0.29, 0.717) is 18.4 Å². The van der Waals surface area contributed by atoms with Gasteiger partial charge in [-0.3, -0.25) is 9.59 Å². The summed E-state index contributed by atoms with van der Waals surface area (Å²) < 4.78 is 48.4. The Morgan fingerprint density at radius 1 is 1.10 bits per heavy atom. The molecular weight excluding hydrogens is 565 g/mol. The first-order valence-corrected chi connectivity index (χ1v) is 13.9. The minimum atomic E-state index is -4.95. The molecule has 41 heavy (non-hydrogen) atoms. The summed E-state index contributed by atoms with van der Waals surface area (Å²) in [5.74, 6) is -0.860. The summed E-state index contributed by atoms with van der Waals surface area (Å²) in [5.41, 5.74) is -1.58. The summed E-state index contributed by atoms with van der Waals surface area (Å²) in [7, 11) is 0. The van der Waals surface area contributed by atoms with E-state index in [4.69, 9.17) is 16.3 Å². The molecule has 9 nitrogen and oxygen atoms in total. The summed E-state index contributed by atoms with van der Waals surface area (Å²) in [4.78, 5) is 32.5. The van der Waals surface area contributed by atoms with Crippen LogP contribution in [0.25, 0.3) is 0 Å². The largest absolute Gasteiger partial charge is 0.573 e. The van der Waals surface area contributed by atoms with E-state index in [1.807, 2.05) is 6.07 Å². The third-order valence-electron chi connectivity index (χ3n) is 7.92. The van der Waals surface area contributed by atoms with E-state index >= 15 is 0 Å². The molecule has 2 saturated heterocycles. The van der Waals surface area contributed by atoms with Crippen molar-refractivity contribution >= 4 is 29.2 Å². The molecule has 2 aromatic rings. The minimum absolute atomic E-state index is 0.0295. The molecule has 2 bridgehead atoms. The highest BCUT2D eigenvalue weighted by atomic mass is 35.5. The predicted molar refractivity (Wildman–Crippen MR) is 144 cm³/mol. The number of piperidine rings is 1. The molecule has 3 aliphatic rings. The lowest BCUT2D eigenvalue weighted by atomic mass is 9.96. The van der Waals surface area contributed by atoms with Crippen LogP contribution < -0.4 is 25.0 Å². The maximum atomic E-state index is 13.2. The number of aliphatic hydroxyl groups excluding tert-OH is 1. The first-order valence-electron chi connectivity index (χ1n) is 13.5. The van der Waals surface area contributed by atoms with Gasteiger partial charge in [-0.2, -0.15) is 0 Å². The first-order chi connectivity index (χ1) is 19.3. The molecule has 3 fully saturated rings. The Hall–Kier alpha value is -3.25. The number of hydrogen-bond acceptors (Lipinski definition) is 7. The average Bonchev–Trinajstić information content (AvgIpc) is 3.62. The van der Waals surface area contributed by atoms with E-state index in [9.17, 15) is 27.9 Å². The van der Waals surface area contributed by atoms with Gasteiger partial charge in [0.15, 0.2) is 17.1 Å². The SMILES string of the molecule is CC(C)(Oc1ccc(Cl)cc1OC(F)(F)F)C(=O)NC1C[C@H]2CC[C@@H](C1)N2c1ccc(C(=O)NC2(CO)CC2)cn1. The lowest BCUT2D eigenvalue weighted by Crippen LogP contribution is -2.55. The van der Waals surface area contributed by atoms with Gasteiger partial charge in [-0.15, -0.1) is 13.2 Å². The van der Waals surface area contributed by atoms with E-state index in [0.717, 1.165) is 37.6 Å². The number of aromatic nitrogens is 1.